The van der Waals surface area contributed by atoms with E-state index in [-0.39, 0.29) is 18.2 Å². The summed E-state index contributed by atoms with van der Waals surface area (Å²) >= 11 is 0. The lowest BCUT2D eigenvalue weighted by molar-refractivity contribution is -0.143. The van der Waals surface area contributed by atoms with Gasteiger partial charge in [0, 0.05) is 10.4 Å². The number of benzene rings is 2. The average molecular weight is 527 g/mol. The van der Waals surface area contributed by atoms with Gasteiger partial charge in [0.2, 0.25) is 0 Å². The van der Waals surface area contributed by atoms with Crippen molar-refractivity contribution < 1.29 is 43.9 Å². The molecule has 5 nitrogen and oxygen atoms in total. The first-order chi connectivity index (χ1) is 17.0. The van der Waals surface area contributed by atoms with Gasteiger partial charge in [-0.25, -0.2) is 4.39 Å². The second kappa shape index (κ2) is 9.53. The minimum absolute atomic E-state index is 0.152. The van der Waals surface area contributed by atoms with Gasteiger partial charge in [-0.1, -0.05) is 0 Å². The molecular weight excluding hydrogens is 524 g/mol. The molecule has 186 valence electrons. The molecule has 0 radical (unpaired) electrons. The van der Waals surface area contributed by atoms with Gasteiger partial charge in [-0.15, -0.1) is 0 Å². The number of nitriles is 5. The van der Waals surface area contributed by atoms with Crippen molar-refractivity contribution in [3.63, 3.8) is 0 Å². The molecule has 0 amide bonds. The van der Waals surface area contributed by atoms with Crippen molar-refractivity contribution in [1.82, 2.24) is 0 Å². The number of alkyl halides is 9. The van der Waals surface area contributed by atoms with E-state index >= 15 is 4.39 Å². The van der Waals surface area contributed by atoms with Gasteiger partial charge in [-0.3, -0.25) is 0 Å². The summed E-state index contributed by atoms with van der Waals surface area (Å²) in [5.74, 6) is -2.51. The maximum absolute atomic E-state index is 15.3. The Morgan fingerprint density at radius 3 is 1.46 bits per heavy atom. The van der Waals surface area contributed by atoms with Crippen LogP contribution in [-0.4, -0.2) is 0 Å². The summed E-state index contributed by atoms with van der Waals surface area (Å²) in [6.07, 6.45) is -17.0. The third-order valence-electron chi connectivity index (χ3n) is 4.67. The van der Waals surface area contributed by atoms with Gasteiger partial charge in [0.1, 0.15) is 41.2 Å². The van der Waals surface area contributed by atoms with Gasteiger partial charge in [0.05, 0.1) is 33.9 Å². The number of rotatable bonds is 1. The average Bonchev–Trinajstić information content (AvgIpc) is 2.78. The predicted octanol–water partition coefficient (Wildman–Crippen LogP) is 4.55. The number of hydrogen-bond donors (Lipinski definition) is 0. The predicted molar refractivity (Wildman–Crippen MR) is 99.3 cm³/mol. The van der Waals surface area contributed by atoms with E-state index in [2.05, 4.69) is 0 Å². The molecule has 15 heteroatoms. The summed E-state index contributed by atoms with van der Waals surface area (Å²) in [5, 5.41) is 42.4. The first-order valence-electron chi connectivity index (χ1n) is 8.99. The summed E-state index contributed by atoms with van der Waals surface area (Å²) in [6, 6.07) is 4.74. The Morgan fingerprint density at radius 1 is 0.649 bits per heavy atom. The molecule has 0 saturated carbocycles. The van der Waals surface area contributed by atoms with Gasteiger partial charge in [0.15, 0.2) is 0 Å². The highest BCUT2D eigenvalue weighted by Gasteiger charge is 2.42. The molecule has 0 bridgehead atoms. The smallest absolute Gasteiger partial charge is 0.206 e. The molecule has 37 heavy (non-hydrogen) atoms. The lowest BCUT2D eigenvalue weighted by Crippen LogP contribution is -2.32. The highest BCUT2D eigenvalue weighted by atomic mass is 19.4. The van der Waals surface area contributed by atoms with Gasteiger partial charge >= 0.3 is 18.5 Å². The lowest BCUT2D eigenvalue weighted by atomic mass is 9.91. The molecule has 0 aliphatic carbocycles. The van der Waals surface area contributed by atoms with Crippen LogP contribution in [0.1, 0.15) is 33.4 Å². The molecule has 0 spiro atoms. The van der Waals surface area contributed by atoms with E-state index in [1.54, 1.807) is 0 Å². The summed E-state index contributed by atoms with van der Waals surface area (Å²) in [4.78, 5) is 0. The van der Waals surface area contributed by atoms with Gasteiger partial charge in [-0.05, 0) is 23.8 Å². The van der Waals surface area contributed by atoms with Crippen molar-refractivity contribution in [2.24, 2.45) is 0 Å². The number of hydrogen-bond acceptors (Lipinski definition) is 5. The van der Waals surface area contributed by atoms with Crippen LogP contribution < -0.4 is 10.4 Å². The van der Waals surface area contributed by atoms with E-state index in [9.17, 15) is 50.0 Å². The highest BCUT2D eigenvalue weighted by Crippen LogP contribution is 2.41. The number of halogens is 10. The first-order valence-corrected chi connectivity index (χ1v) is 8.99. The summed E-state index contributed by atoms with van der Waals surface area (Å²) in [6.45, 7) is 0. The largest absolute Gasteiger partial charge is 0.419 e. The molecule has 0 fully saturated rings. The molecule has 0 N–H and O–H groups in total. The molecule has 0 atom stereocenters. The van der Waals surface area contributed by atoms with Crippen molar-refractivity contribution in [1.29, 1.82) is 26.3 Å². The quantitative estimate of drug-likeness (QED) is 0.505. The van der Waals surface area contributed by atoms with Crippen LogP contribution in [0.3, 0.4) is 0 Å². The highest BCUT2D eigenvalue weighted by molar-refractivity contribution is 5.80. The summed E-state index contributed by atoms with van der Waals surface area (Å²) in [7, 11) is 0. The van der Waals surface area contributed by atoms with Crippen LogP contribution in [0.15, 0.2) is 18.2 Å². The van der Waals surface area contributed by atoms with Gasteiger partial charge in [-0.2, -0.15) is 65.8 Å². The normalized spacial score (nSPS) is 12.4. The standard InChI is InChI=1S/C22H3F10N5/c23-19-17(10(4-33)1-12(11(5-34)6-35)18(19)22(30,31)32)13(7-36)9-2-15(20(24,25)26)14(8-37)16(3-9)21(27,28)29/h1-3H/b17-13-. The van der Waals surface area contributed by atoms with Crippen LogP contribution in [0.4, 0.5) is 43.9 Å². The lowest BCUT2D eigenvalue weighted by Gasteiger charge is -2.17. The summed E-state index contributed by atoms with van der Waals surface area (Å²) < 4.78 is 137. The van der Waals surface area contributed by atoms with Crippen LogP contribution in [0, 0.1) is 62.5 Å². The Balaban J connectivity index is 3.41. The molecule has 2 aromatic carbocycles. The molecular formula is C22H3F10N5. The van der Waals surface area contributed by atoms with Crippen LogP contribution in [0.25, 0.3) is 11.1 Å². The maximum Gasteiger partial charge on any atom is 0.419 e. The van der Waals surface area contributed by atoms with Crippen molar-refractivity contribution in [3.8, 4) is 30.3 Å². The molecule has 0 saturated heterocycles. The van der Waals surface area contributed by atoms with Crippen molar-refractivity contribution >= 4 is 11.1 Å². The number of nitrogens with zero attached hydrogens (tertiary/aromatic N) is 5. The van der Waals surface area contributed by atoms with E-state index in [1.165, 1.54) is 0 Å². The second-order valence-electron chi connectivity index (χ2n) is 6.78. The van der Waals surface area contributed by atoms with Crippen LogP contribution in [-0.2, 0) is 18.5 Å². The Labute approximate surface area is 198 Å². The Kier molecular flexibility index (Phi) is 7.25. The second-order valence-corrected chi connectivity index (χ2v) is 6.78. The molecule has 0 unspecified atom stereocenters. The minimum atomic E-state index is -5.71. The first kappa shape index (κ1) is 28.2. The van der Waals surface area contributed by atoms with E-state index in [4.69, 9.17) is 15.8 Å². The fourth-order valence-electron chi connectivity index (χ4n) is 3.22. The minimum Gasteiger partial charge on any atom is -0.206 e. The van der Waals surface area contributed by atoms with Gasteiger partial charge in [0.25, 0.3) is 0 Å². The third-order valence-corrected chi connectivity index (χ3v) is 4.67. The van der Waals surface area contributed by atoms with Gasteiger partial charge < -0.3 is 0 Å². The zero-order chi connectivity index (χ0) is 28.5. The van der Waals surface area contributed by atoms with E-state index < -0.39 is 79.3 Å². The zero-order valence-corrected chi connectivity index (χ0v) is 17.2. The van der Waals surface area contributed by atoms with E-state index in [1.807, 2.05) is 0 Å². The fourth-order valence-corrected chi connectivity index (χ4v) is 3.22. The van der Waals surface area contributed by atoms with Crippen molar-refractivity contribution in [3.05, 3.63) is 67.8 Å². The molecule has 0 aromatic heterocycles. The zero-order valence-electron chi connectivity index (χ0n) is 17.2. The monoisotopic (exact) mass is 527 g/mol. The van der Waals surface area contributed by atoms with Crippen molar-refractivity contribution in [2.75, 3.05) is 0 Å². The molecule has 0 heterocycles. The Morgan fingerprint density at radius 2 is 1.14 bits per heavy atom. The SMILES string of the molecule is N#CC(C#N)=c1cc(C#N)/c(=C(\C#N)c2cc(C(F)(F)F)c(C#N)c(C(F)(F)F)c2)c(F)c1C(F)(F)F. The Bertz CT molecular complexity index is 1590. The molecule has 2 aromatic rings. The van der Waals surface area contributed by atoms with Crippen LogP contribution in [0.5, 0.6) is 0 Å². The van der Waals surface area contributed by atoms with E-state index in [0.717, 1.165) is 30.3 Å². The topological polar surface area (TPSA) is 119 Å². The van der Waals surface area contributed by atoms with Crippen LogP contribution in [0.2, 0.25) is 0 Å². The summed E-state index contributed by atoms with van der Waals surface area (Å²) in [5.41, 5.74) is -14.3. The third kappa shape index (κ3) is 5.15. The molecule has 2 rings (SSSR count). The van der Waals surface area contributed by atoms with E-state index in [0.29, 0.717) is 0 Å². The Hall–Kier alpha value is -5.07. The van der Waals surface area contributed by atoms with Crippen molar-refractivity contribution in [2.45, 2.75) is 18.5 Å². The molecule has 0 aliphatic heterocycles. The van der Waals surface area contributed by atoms with Crippen LogP contribution >= 0.6 is 0 Å². The fraction of sp³-hybridized carbons (Fsp3) is 0.136. The molecule has 0 aliphatic rings. The maximum atomic E-state index is 15.3.